The Kier molecular flexibility index (Phi) is 5.28. The molecule has 1 saturated carbocycles. The Balaban J connectivity index is 1.26. The van der Waals surface area contributed by atoms with E-state index < -0.39 is 0 Å². The largest absolute Gasteiger partial charge is 0.352 e. The number of nitrogens with one attached hydrogen (secondary N) is 3. The van der Waals surface area contributed by atoms with Gasteiger partial charge in [-0.2, -0.15) is 0 Å². The summed E-state index contributed by atoms with van der Waals surface area (Å²) in [5, 5.41) is 9.82. The molecule has 3 N–H and O–H groups in total. The van der Waals surface area contributed by atoms with E-state index in [0.717, 1.165) is 25.8 Å². The second-order valence-electron chi connectivity index (χ2n) is 7.13. The first-order valence-electron chi connectivity index (χ1n) is 9.69. The minimum absolute atomic E-state index is 0.136. The third kappa shape index (κ3) is 4.52. The molecule has 6 heteroatoms. The maximum Gasteiger partial charge on any atom is 0.319 e. The van der Waals surface area contributed by atoms with Crippen molar-refractivity contribution in [3.05, 3.63) is 66.4 Å². The SMILES string of the molecule is O=C(Nc1cccc(C(=O)NCCCn2ccc3ccccc32)c1)NC1CC1. The van der Waals surface area contributed by atoms with Crippen LogP contribution in [-0.4, -0.2) is 29.1 Å². The lowest BCUT2D eigenvalue weighted by Crippen LogP contribution is -2.30. The molecule has 1 heterocycles. The Labute approximate surface area is 163 Å². The van der Waals surface area contributed by atoms with Gasteiger partial charge in [0.15, 0.2) is 0 Å². The van der Waals surface area contributed by atoms with E-state index in [0.29, 0.717) is 23.8 Å². The van der Waals surface area contributed by atoms with Crippen molar-refractivity contribution in [1.29, 1.82) is 0 Å². The monoisotopic (exact) mass is 376 g/mol. The quantitative estimate of drug-likeness (QED) is 0.550. The van der Waals surface area contributed by atoms with Gasteiger partial charge in [-0.15, -0.1) is 0 Å². The average Bonchev–Trinajstić information content (AvgIpc) is 3.42. The molecule has 0 spiro atoms. The Morgan fingerprint density at radius 3 is 2.75 bits per heavy atom. The highest BCUT2D eigenvalue weighted by molar-refractivity contribution is 5.96. The van der Waals surface area contributed by atoms with Crippen molar-refractivity contribution in [1.82, 2.24) is 15.2 Å². The summed E-state index contributed by atoms with van der Waals surface area (Å²) >= 11 is 0. The van der Waals surface area contributed by atoms with Gasteiger partial charge in [0.1, 0.15) is 0 Å². The van der Waals surface area contributed by atoms with E-state index in [9.17, 15) is 9.59 Å². The maximum atomic E-state index is 12.4. The van der Waals surface area contributed by atoms with Gasteiger partial charge < -0.3 is 20.5 Å². The Morgan fingerprint density at radius 2 is 1.89 bits per heavy atom. The van der Waals surface area contributed by atoms with Gasteiger partial charge in [0.25, 0.3) is 5.91 Å². The number of anilines is 1. The molecule has 2 aromatic carbocycles. The van der Waals surface area contributed by atoms with Gasteiger partial charge in [-0.05, 0) is 55.0 Å². The van der Waals surface area contributed by atoms with Crippen molar-refractivity contribution in [2.24, 2.45) is 0 Å². The number of para-hydroxylation sites is 1. The highest BCUT2D eigenvalue weighted by atomic mass is 16.2. The standard InChI is InChI=1S/C22H24N4O2/c27-21(17-6-3-7-19(15-17)25-22(28)24-18-9-10-18)23-12-4-13-26-14-11-16-5-1-2-8-20(16)26/h1-3,5-8,11,14-15,18H,4,9-10,12-13H2,(H,23,27)(H2,24,25,28). The predicted molar refractivity (Wildman–Crippen MR) is 111 cm³/mol. The fourth-order valence-corrected chi connectivity index (χ4v) is 3.21. The van der Waals surface area contributed by atoms with Crippen molar-refractivity contribution >= 4 is 28.5 Å². The van der Waals surface area contributed by atoms with Crippen LogP contribution in [0.4, 0.5) is 10.5 Å². The summed E-state index contributed by atoms with van der Waals surface area (Å²) in [7, 11) is 0. The molecular formula is C22H24N4O2. The van der Waals surface area contributed by atoms with E-state index in [1.54, 1.807) is 24.3 Å². The molecule has 0 bridgehead atoms. The van der Waals surface area contributed by atoms with Gasteiger partial charge in [-0.1, -0.05) is 24.3 Å². The lowest BCUT2D eigenvalue weighted by molar-refractivity contribution is 0.0952. The van der Waals surface area contributed by atoms with Gasteiger partial charge >= 0.3 is 6.03 Å². The van der Waals surface area contributed by atoms with Crippen molar-refractivity contribution in [2.45, 2.75) is 31.8 Å². The molecule has 28 heavy (non-hydrogen) atoms. The van der Waals surface area contributed by atoms with E-state index in [1.807, 2.05) is 12.1 Å². The van der Waals surface area contributed by atoms with Crippen LogP contribution in [0.15, 0.2) is 60.8 Å². The van der Waals surface area contributed by atoms with Crippen molar-refractivity contribution in [2.75, 3.05) is 11.9 Å². The van der Waals surface area contributed by atoms with Gasteiger partial charge in [0, 0.05) is 42.1 Å². The molecule has 1 aromatic heterocycles. The molecule has 3 amide bonds. The number of amides is 3. The van der Waals surface area contributed by atoms with Crippen LogP contribution < -0.4 is 16.0 Å². The summed E-state index contributed by atoms with van der Waals surface area (Å²) in [6.07, 6.45) is 4.99. The minimum atomic E-state index is -0.223. The van der Waals surface area contributed by atoms with E-state index in [4.69, 9.17) is 0 Å². The number of hydrogen-bond acceptors (Lipinski definition) is 2. The van der Waals surface area contributed by atoms with Gasteiger partial charge in [-0.3, -0.25) is 4.79 Å². The number of nitrogens with zero attached hydrogens (tertiary/aromatic N) is 1. The smallest absolute Gasteiger partial charge is 0.319 e. The van der Waals surface area contributed by atoms with Gasteiger partial charge in [0.05, 0.1) is 0 Å². The zero-order chi connectivity index (χ0) is 19.3. The fourth-order valence-electron chi connectivity index (χ4n) is 3.21. The second-order valence-corrected chi connectivity index (χ2v) is 7.13. The van der Waals surface area contributed by atoms with Gasteiger partial charge in [0.2, 0.25) is 0 Å². The Hall–Kier alpha value is -3.28. The topological polar surface area (TPSA) is 75.2 Å². The van der Waals surface area contributed by atoms with Crippen LogP contribution in [0.1, 0.15) is 29.6 Å². The molecular weight excluding hydrogens is 352 g/mol. The molecule has 0 radical (unpaired) electrons. The average molecular weight is 376 g/mol. The Morgan fingerprint density at radius 1 is 1.04 bits per heavy atom. The number of aryl methyl sites for hydroxylation is 1. The molecule has 4 rings (SSSR count). The number of benzene rings is 2. The molecule has 1 aliphatic carbocycles. The number of rotatable bonds is 7. The number of carbonyl (C=O) groups is 2. The number of urea groups is 1. The molecule has 0 atom stereocenters. The molecule has 3 aromatic rings. The number of aromatic nitrogens is 1. The summed E-state index contributed by atoms with van der Waals surface area (Å²) in [6, 6.07) is 17.4. The number of fused-ring (bicyclic) bond motifs is 1. The highest BCUT2D eigenvalue weighted by Gasteiger charge is 2.23. The van der Waals surface area contributed by atoms with E-state index in [1.165, 1.54) is 10.9 Å². The van der Waals surface area contributed by atoms with E-state index in [-0.39, 0.29) is 11.9 Å². The zero-order valence-electron chi connectivity index (χ0n) is 15.7. The van der Waals surface area contributed by atoms with Crippen molar-refractivity contribution in [3.8, 4) is 0 Å². The minimum Gasteiger partial charge on any atom is -0.352 e. The third-order valence-electron chi connectivity index (χ3n) is 4.84. The fraction of sp³-hybridized carbons (Fsp3) is 0.273. The first kappa shape index (κ1) is 18.1. The summed E-state index contributed by atoms with van der Waals surface area (Å²) < 4.78 is 2.20. The highest BCUT2D eigenvalue weighted by Crippen LogP contribution is 2.19. The van der Waals surface area contributed by atoms with Crippen LogP contribution in [0.2, 0.25) is 0 Å². The summed E-state index contributed by atoms with van der Waals surface area (Å²) in [5.74, 6) is -0.136. The molecule has 0 saturated heterocycles. The summed E-state index contributed by atoms with van der Waals surface area (Å²) in [5.41, 5.74) is 2.36. The van der Waals surface area contributed by atoms with Crippen LogP contribution >= 0.6 is 0 Å². The van der Waals surface area contributed by atoms with Crippen molar-refractivity contribution < 1.29 is 9.59 Å². The van der Waals surface area contributed by atoms with Crippen LogP contribution in [0, 0.1) is 0 Å². The van der Waals surface area contributed by atoms with Crippen LogP contribution in [0.3, 0.4) is 0 Å². The molecule has 0 unspecified atom stereocenters. The second kappa shape index (κ2) is 8.17. The molecule has 6 nitrogen and oxygen atoms in total. The zero-order valence-corrected chi connectivity index (χ0v) is 15.7. The number of hydrogen-bond donors (Lipinski definition) is 3. The van der Waals surface area contributed by atoms with E-state index in [2.05, 4.69) is 44.9 Å². The molecule has 1 fully saturated rings. The lowest BCUT2D eigenvalue weighted by atomic mass is 10.2. The summed E-state index contributed by atoms with van der Waals surface area (Å²) in [6.45, 7) is 1.43. The third-order valence-corrected chi connectivity index (χ3v) is 4.84. The normalized spacial score (nSPS) is 13.3. The van der Waals surface area contributed by atoms with Crippen molar-refractivity contribution in [3.63, 3.8) is 0 Å². The van der Waals surface area contributed by atoms with Crippen LogP contribution in [0.25, 0.3) is 10.9 Å². The predicted octanol–water partition coefficient (Wildman–Crippen LogP) is 3.75. The lowest BCUT2D eigenvalue weighted by Gasteiger charge is -2.10. The maximum absolute atomic E-state index is 12.4. The first-order valence-corrected chi connectivity index (χ1v) is 9.69. The first-order chi connectivity index (χ1) is 13.7. The molecule has 144 valence electrons. The van der Waals surface area contributed by atoms with Gasteiger partial charge in [-0.25, -0.2) is 4.79 Å². The molecule has 0 aliphatic heterocycles. The summed E-state index contributed by atoms with van der Waals surface area (Å²) in [4.78, 5) is 24.2. The van der Waals surface area contributed by atoms with Crippen LogP contribution in [0.5, 0.6) is 0 Å². The molecule has 1 aliphatic rings. The number of carbonyl (C=O) groups excluding carboxylic acids is 2. The van der Waals surface area contributed by atoms with E-state index >= 15 is 0 Å². The Bertz CT molecular complexity index is 991. The van der Waals surface area contributed by atoms with Crippen LogP contribution in [-0.2, 0) is 6.54 Å².